The van der Waals surface area contributed by atoms with Crippen molar-refractivity contribution in [3.63, 3.8) is 0 Å². The number of likely N-dealkylation sites (tertiary alicyclic amines) is 1. The zero-order chi connectivity index (χ0) is 21.5. The van der Waals surface area contributed by atoms with Crippen LogP contribution in [-0.4, -0.2) is 70.4 Å². The van der Waals surface area contributed by atoms with Gasteiger partial charge in [0.1, 0.15) is 12.1 Å². The van der Waals surface area contributed by atoms with Gasteiger partial charge in [0.2, 0.25) is 5.91 Å². The van der Waals surface area contributed by atoms with Gasteiger partial charge in [-0.2, -0.15) is 0 Å². The molecule has 3 fully saturated rings. The van der Waals surface area contributed by atoms with Crippen LogP contribution in [0, 0.1) is 0 Å². The quantitative estimate of drug-likeness (QED) is 0.794. The van der Waals surface area contributed by atoms with Gasteiger partial charge in [-0.3, -0.25) is 14.5 Å². The molecular formula is C23H33ClN4O2. The number of amides is 2. The van der Waals surface area contributed by atoms with Gasteiger partial charge in [0.25, 0.3) is 5.91 Å². The number of hydrogen-bond acceptors (Lipinski definition) is 4. The zero-order valence-corrected chi connectivity index (χ0v) is 19.0. The van der Waals surface area contributed by atoms with Gasteiger partial charge < -0.3 is 15.1 Å². The van der Waals surface area contributed by atoms with Crippen LogP contribution >= 0.6 is 11.6 Å². The first-order chi connectivity index (χ1) is 14.3. The summed E-state index contributed by atoms with van der Waals surface area (Å²) in [6.07, 6.45) is 4.48. The maximum absolute atomic E-state index is 13.8. The van der Waals surface area contributed by atoms with Crippen LogP contribution in [0.15, 0.2) is 24.3 Å². The molecule has 3 aliphatic heterocycles. The van der Waals surface area contributed by atoms with Crippen molar-refractivity contribution in [2.75, 3.05) is 26.2 Å². The highest BCUT2D eigenvalue weighted by Gasteiger charge is 2.58. The summed E-state index contributed by atoms with van der Waals surface area (Å²) in [5, 5.41) is 4.28. The third kappa shape index (κ3) is 3.74. The Morgan fingerprint density at radius 3 is 2.50 bits per heavy atom. The van der Waals surface area contributed by atoms with Crippen molar-refractivity contribution >= 4 is 23.4 Å². The molecule has 2 amide bonds. The Morgan fingerprint density at radius 2 is 1.87 bits per heavy atom. The minimum absolute atomic E-state index is 0.00756. The standard InChI is InChI=1S/C23H33ClN4O2/c1-16(2)27-14-21(29)28(17(3)18-7-9-19(24)10-8-18)23(22(27)30)11-13-26(15-23)20-6-4-5-12-25-20/h7-10,16-17,20,25H,4-6,11-15H2,1-3H3/t17-,20?,23?/m0/s1. The SMILES string of the molecule is CC(C)N1CC(=O)N([C@@H](C)c2ccc(Cl)cc2)C2(CCN(C3CCCCN3)C2)C1=O. The highest BCUT2D eigenvalue weighted by Crippen LogP contribution is 2.40. The fraction of sp³-hybridized carbons (Fsp3) is 0.652. The van der Waals surface area contributed by atoms with Crippen LogP contribution in [0.3, 0.4) is 0 Å². The topological polar surface area (TPSA) is 55.9 Å². The average Bonchev–Trinajstić information content (AvgIpc) is 3.17. The van der Waals surface area contributed by atoms with Gasteiger partial charge in [-0.05, 0) is 70.7 Å². The zero-order valence-electron chi connectivity index (χ0n) is 18.2. The minimum Gasteiger partial charge on any atom is -0.329 e. The number of nitrogens with one attached hydrogen (secondary N) is 1. The summed E-state index contributed by atoms with van der Waals surface area (Å²) in [6.45, 7) is 8.60. The van der Waals surface area contributed by atoms with Crippen LogP contribution < -0.4 is 5.32 Å². The fourth-order valence-electron chi connectivity index (χ4n) is 5.40. The molecule has 3 heterocycles. The number of rotatable bonds is 4. The van der Waals surface area contributed by atoms with E-state index in [1.807, 2.05) is 49.9 Å². The third-order valence-electron chi connectivity index (χ3n) is 7.06. The van der Waals surface area contributed by atoms with Gasteiger partial charge in [-0.1, -0.05) is 23.7 Å². The lowest BCUT2D eigenvalue weighted by Gasteiger charge is -2.51. The molecule has 2 unspecified atom stereocenters. The van der Waals surface area contributed by atoms with E-state index in [-0.39, 0.29) is 30.4 Å². The number of nitrogens with zero attached hydrogens (tertiary/aromatic N) is 3. The molecule has 164 valence electrons. The molecule has 3 saturated heterocycles. The summed E-state index contributed by atoms with van der Waals surface area (Å²) in [4.78, 5) is 33.3. The van der Waals surface area contributed by atoms with Gasteiger partial charge in [0.05, 0.1) is 12.2 Å². The first-order valence-corrected chi connectivity index (χ1v) is 11.6. The van der Waals surface area contributed by atoms with Gasteiger partial charge in [0, 0.05) is 24.2 Å². The van der Waals surface area contributed by atoms with Gasteiger partial charge in [-0.25, -0.2) is 0 Å². The Kier molecular flexibility index (Phi) is 6.11. The number of piperidine rings is 1. The first-order valence-electron chi connectivity index (χ1n) is 11.2. The van der Waals surface area contributed by atoms with E-state index in [2.05, 4.69) is 10.2 Å². The van der Waals surface area contributed by atoms with Gasteiger partial charge in [0.15, 0.2) is 0 Å². The minimum atomic E-state index is -0.808. The fourth-order valence-corrected chi connectivity index (χ4v) is 5.53. The summed E-state index contributed by atoms with van der Waals surface area (Å²) >= 11 is 6.08. The number of halogens is 1. The molecule has 0 bridgehead atoms. The largest absolute Gasteiger partial charge is 0.329 e. The lowest BCUT2D eigenvalue weighted by atomic mass is 9.87. The molecule has 6 nitrogen and oxygen atoms in total. The Balaban J connectivity index is 1.68. The molecule has 1 aromatic carbocycles. The molecule has 1 spiro atoms. The second-order valence-electron chi connectivity index (χ2n) is 9.24. The molecule has 30 heavy (non-hydrogen) atoms. The van der Waals surface area contributed by atoms with Crippen molar-refractivity contribution in [1.82, 2.24) is 20.0 Å². The number of piperazine rings is 1. The number of hydrogen-bond donors (Lipinski definition) is 1. The van der Waals surface area contributed by atoms with Crippen LogP contribution in [-0.2, 0) is 9.59 Å². The molecule has 3 atom stereocenters. The molecule has 7 heteroatoms. The first kappa shape index (κ1) is 21.6. The number of carbonyl (C=O) groups excluding carboxylic acids is 2. The lowest BCUT2D eigenvalue weighted by molar-refractivity contribution is -0.169. The van der Waals surface area contributed by atoms with E-state index < -0.39 is 5.54 Å². The average molecular weight is 433 g/mol. The predicted octanol–water partition coefficient (Wildman–Crippen LogP) is 3.02. The van der Waals surface area contributed by atoms with E-state index in [0.29, 0.717) is 24.2 Å². The van der Waals surface area contributed by atoms with Crippen molar-refractivity contribution in [2.45, 2.75) is 70.2 Å². The van der Waals surface area contributed by atoms with E-state index in [0.717, 1.165) is 25.1 Å². The van der Waals surface area contributed by atoms with Crippen molar-refractivity contribution in [3.8, 4) is 0 Å². The summed E-state index contributed by atoms with van der Waals surface area (Å²) in [7, 11) is 0. The Hall–Kier alpha value is -1.63. The van der Waals surface area contributed by atoms with Crippen LogP contribution in [0.2, 0.25) is 5.02 Å². The third-order valence-corrected chi connectivity index (χ3v) is 7.31. The van der Waals surface area contributed by atoms with Gasteiger partial charge in [-0.15, -0.1) is 0 Å². The molecule has 1 aromatic rings. The van der Waals surface area contributed by atoms with Gasteiger partial charge >= 0.3 is 0 Å². The highest BCUT2D eigenvalue weighted by atomic mass is 35.5. The van der Waals surface area contributed by atoms with Crippen LogP contribution in [0.1, 0.15) is 58.1 Å². The molecule has 3 aliphatic rings. The molecule has 0 radical (unpaired) electrons. The monoisotopic (exact) mass is 432 g/mol. The summed E-state index contributed by atoms with van der Waals surface area (Å²) in [5.74, 6) is 0.125. The van der Waals surface area contributed by atoms with Crippen LogP contribution in [0.25, 0.3) is 0 Å². The van der Waals surface area contributed by atoms with Crippen LogP contribution in [0.5, 0.6) is 0 Å². The lowest BCUT2D eigenvalue weighted by Crippen LogP contribution is -2.70. The second-order valence-corrected chi connectivity index (χ2v) is 9.67. The number of carbonyl (C=O) groups is 2. The van der Waals surface area contributed by atoms with Crippen molar-refractivity contribution < 1.29 is 9.59 Å². The molecule has 1 N–H and O–H groups in total. The smallest absolute Gasteiger partial charge is 0.250 e. The van der Waals surface area contributed by atoms with E-state index in [1.54, 1.807) is 4.90 Å². The maximum Gasteiger partial charge on any atom is 0.250 e. The summed E-state index contributed by atoms with van der Waals surface area (Å²) in [5.41, 5.74) is 0.199. The van der Waals surface area contributed by atoms with Crippen molar-refractivity contribution in [1.29, 1.82) is 0 Å². The normalized spacial score (nSPS) is 29.3. The summed E-state index contributed by atoms with van der Waals surface area (Å²) < 4.78 is 0. The predicted molar refractivity (Wildman–Crippen MR) is 118 cm³/mol. The molecule has 0 aliphatic carbocycles. The summed E-state index contributed by atoms with van der Waals surface area (Å²) in [6, 6.07) is 7.44. The highest BCUT2D eigenvalue weighted by molar-refractivity contribution is 6.30. The number of benzene rings is 1. The molecule has 4 rings (SSSR count). The second kappa shape index (κ2) is 8.48. The molecule has 0 aromatic heterocycles. The Bertz CT molecular complexity index is 793. The molecule has 0 saturated carbocycles. The van der Waals surface area contributed by atoms with Crippen molar-refractivity contribution in [2.24, 2.45) is 0 Å². The van der Waals surface area contributed by atoms with Crippen molar-refractivity contribution in [3.05, 3.63) is 34.9 Å². The maximum atomic E-state index is 13.8. The Labute approximate surface area is 184 Å². The van der Waals surface area contributed by atoms with E-state index in [9.17, 15) is 9.59 Å². The van der Waals surface area contributed by atoms with E-state index in [4.69, 9.17) is 11.6 Å². The van der Waals surface area contributed by atoms with E-state index >= 15 is 0 Å². The molecular weight excluding hydrogens is 400 g/mol. The Morgan fingerprint density at radius 1 is 1.13 bits per heavy atom. The van der Waals surface area contributed by atoms with Crippen LogP contribution in [0.4, 0.5) is 0 Å². The van der Waals surface area contributed by atoms with E-state index in [1.165, 1.54) is 12.8 Å².